The molecule has 0 saturated carbocycles. The number of hydrogen-bond acceptors (Lipinski definition) is 5. The molecule has 110 valence electrons. The molecule has 0 unspecified atom stereocenters. The van der Waals surface area contributed by atoms with E-state index >= 15 is 0 Å². The van der Waals surface area contributed by atoms with E-state index in [-0.39, 0.29) is 37.6 Å². The van der Waals surface area contributed by atoms with Crippen LogP contribution in [0.2, 0.25) is 0 Å². The molecule has 0 radical (unpaired) electrons. The van der Waals surface area contributed by atoms with E-state index in [1.54, 1.807) is 14.0 Å². The predicted molar refractivity (Wildman–Crippen MR) is 68.4 cm³/mol. The fourth-order valence-corrected chi connectivity index (χ4v) is 1.23. The quantitative estimate of drug-likeness (QED) is 0.417. The van der Waals surface area contributed by atoms with Crippen molar-refractivity contribution in [1.29, 1.82) is 0 Å². The molecular weight excluding hydrogens is 252 g/mol. The first-order valence-electron chi connectivity index (χ1n) is 6.28. The maximum Gasteiger partial charge on any atom is 0.306 e. The third-order valence-electron chi connectivity index (χ3n) is 2.16. The van der Waals surface area contributed by atoms with Crippen LogP contribution in [-0.2, 0) is 23.9 Å². The maximum absolute atomic E-state index is 11.3. The molecule has 19 heavy (non-hydrogen) atoms. The van der Waals surface area contributed by atoms with Gasteiger partial charge in [0.1, 0.15) is 0 Å². The second kappa shape index (κ2) is 11.5. The number of ether oxygens (including phenoxy) is 2. The fraction of sp³-hybridized carbons (Fsp3) is 0.750. The molecule has 0 saturated heterocycles. The third kappa shape index (κ3) is 11.2. The van der Waals surface area contributed by atoms with Gasteiger partial charge in [-0.25, -0.2) is 0 Å². The average molecular weight is 274 g/mol. The molecule has 2 amide bonds. The summed E-state index contributed by atoms with van der Waals surface area (Å²) in [6.07, 6.45) is 0.332. The Hall–Kier alpha value is -1.63. The van der Waals surface area contributed by atoms with Crippen LogP contribution >= 0.6 is 0 Å². The van der Waals surface area contributed by atoms with Gasteiger partial charge in [-0.2, -0.15) is 0 Å². The normalized spacial score (nSPS) is 9.79. The highest BCUT2D eigenvalue weighted by Crippen LogP contribution is 1.93. The van der Waals surface area contributed by atoms with Crippen LogP contribution < -0.4 is 10.6 Å². The number of rotatable bonds is 10. The molecule has 0 aromatic rings. The summed E-state index contributed by atoms with van der Waals surface area (Å²) in [4.78, 5) is 33.6. The Morgan fingerprint density at radius 3 is 2.21 bits per heavy atom. The lowest BCUT2D eigenvalue weighted by atomic mass is 10.3. The van der Waals surface area contributed by atoms with Crippen molar-refractivity contribution in [3.8, 4) is 0 Å². The number of nitrogens with one attached hydrogen (secondary N) is 2. The molecule has 0 spiro atoms. The van der Waals surface area contributed by atoms with Gasteiger partial charge in [0.2, 0.25) is 11.8 Å². The van der Waals surface area contributed by atoms with Crippen molar-refractivity contribution in [3.05, 3.63) is 0 Å². The van der Waals surface area contributed by atoms with Crippen molar-refractivity contribution < 1.29 is 23.9 Å². The molecule has 0 aromatic heterocycles. The number of amides is 2. The predicted octanol–water partition coefficient (Wildman–Crippen LogP) is -0.401. The van der Waals surface area contributed by atoms with Crippen molar-refractivity contribution in [2.75, 3.05) is 33.4 Å². The number of methoxy groups -OCH3 is 1. The summed E-state index contributed by atoms with van der Waals surface area (Å²) < 4.78 is 9.48. The van der Waals surface area contributed by atoms with Crippen molar-refractivity contribution >= 4 is 17.8 Å². The smallest absolute Gasteiger partial charge is 0.306 e. The minimum absolute atomic E-state index is 0.0553. The van der Waals surface area contributed by atoms with E-state index in [2.05, 4.69) is 10.6 Å². The molecule has 0 aromatic carbocycles. The van der Waals surface area contributed by atoms with Crippen LogP contribution in [-0.4, -0.2) is 51.2 Å². The Balaban J connectivity index is 3.52. The topological polar surface area (TPSA) is 93.7 Å². The van der Waals surface area contributed by atoms with Crippen LogP contribution in [0.3, 0.4) is 0 Å². The van der Waals surface area contributed by atoms with E-state index < -0.39 is 5.97 Å². The van der Waals surface area contributed by atoms with Gasteiger partial charge in [0.25, 0.3) is 0 Å². The molecule has 0 aliphatic carbocycles. The lowest BCUT2D eigenvalue weighted by Gasteiger charge is -2.06. The third-order valence-corrected chi connectivity index (χ3v) is 2.16. The van der Waals surface area contributed by atoms with E-state index in [4.69, 9.17) is 9.47 Å². The summed E-state index contributed by atoms with van der Waals surface area (Å²) in [5.41, 5.74) is 0. The van der Waals surface area contributed by atoms with Gasteiger partial charge in [-0.1, -0.05) is 0 Å². The number of hydrogen-bond donors (Lipinski definition) is 2. The Labute approximate surface area is 113 Å². The lowest BCUT2D eigenvalue weighted by Crippen LogP contribution is -2.32. The molecule has 7 nitrogen and oxygen atoms in total. The van der Waals surface area contributed by atoms with E-state index in [1.807, 2.05) is 0 Å². The van der Waals surface area contributed by atoms with Gasteiger partial charge in [0, 0.05) is 33.0 Å². The van der Waals surface area contributed by atoms with Crippen LogP contribution in [0.25, 0.3) is 0 Å². The zero-order valence-corrected chi connectivity index (χ0v) is 11.5. The highest BCUT2D eigenvalue weighted by molar-refractivity contribution is 5.82. The van der Waals surface area contributed by atoms with Crippen LogP contribution in [0.1, 0.15) is 26.2 Å². The molecular formula is C12H22N2O5. The van der Waals surface area contributed by atoms with E-state index in [1.165, 1.54) is 0 Å². The SMILES string of the molecule is CCOC(=O)CCC(=O)NCCC(=O)NCCOC. The van der Waals surface area contributed by atoms with E-state index in [0.29, 0.717) is 19.8 Å². The second-order valence-electron chi connectivity index (χ2n) is 3.75. The summed E-state index contributed by atoms with van der Waals surface area (Å²) in [6.45, 7) is 3.17. The molecule has 0 aliphatic heterocycles. The molecule has 0 fully saturated rings. The van der Waals surface area contributed by atoms with Gasteiger partial charge in [-0.15, -0.1) is 0 Å². The van der Waals surface area contributed by atoms with E-state index in [9.17, 15) is 14.4 Å². The van der Waals surface area contributed by atoms with Crippen molar-refractivity contribution in [2.45, 2.75) is 26.2 Å². The van der Waals surface area contributed by atoms with E-state index in [0.717, 1.165) is 0 Å². The Morgan fingerprint density at radius 1 is 0.947 bits per heavy atom. The standard InChI is InChI=1S/C12H22N2O5/c1-3-19-12(17)5-4-10(15)13-7-6-11(16)14-8-9-18-2/h3-9H2,1-2H3,(H,13,15)(H,14,16). The second-order valence-corrected chi connectivity index (χ2v) is 3.75. The summed E-state index contributed by atoms with van der Waals surface area (Å²) in [5.74, 6) is -0.810. The Bertz CT molecular complexity index is 294. The largest absolute Gasteiger partial charge is 0.466 e. The highest BCUT2D eigenvalue weighted by Gasteiger charge is 2.07. The molecule has 0 bridgehead atoms. The average Bonchev–Trinajstić information content (AvgIpc) is 2.37. The summed E-state index contributed by atoms with van der Waals surface area (Å²) in [7, 11) is 1.55. The van der Waals surface area contributed by atoms with Crippen LogP contribution in [0.15, 0.2) is 0 Å². The van der Waals surface area contributed by atoms with Crippen molar-refractivity contribution in [1.82, 2.24) is 10.6 Å². The summed E-state index contributed by atoms with van der Waals surface area (Å²) >= 11 is 0. The molecule has 0 rings (SSSR count). The van der Waals surface area contributed by atoms with Gasteiger partial charge in [0.05, 0.1) is 19.6 Å². The first-order chi connectivity index (χ1) is 9.10. The van der Waals surface area contributed by atoms with Gasteiger partial charge in [-0.3, -0.25) is 14.4 Å². The zero-order chi connectivity index (χ0) is 14.5. The first kappa shape index (κ1) is 17.4. The minimum atomic E-state index is -0.394. The van der Waals surface area contributed by atoms with Crippen LogP contribution in [0.5, 0.6) is 0 Å². The van der Waals surface area contributed by atoms with Gasteiger partial charge in [0.15, 0.2) is 0 Å². The van der Waals surface area contributed by atoms with Crippen molar-refractivity contribution in [3.63, 3.8) is 0 Å². The Morgan fingerprint density at radius 2 is 1.58 bits per heavy atom. The summed E-state index contributed by atoms with van der Waals surface area (Å²) in [5, 5.41) is 5.20. The molecule has 0 aliphatic rings. The molecule has 0 atom stereocenters. The number of carbonyl (C=O) groups is 3. The minimum Gasteiger partial charge on any atom is -0.466 e. The summed E-state index contributed by atoms with van der Waals surface area (Å²) in [6, 6.07) is 0. The molecule has 2 N–H and O–H groups in total. The van der Waals surface area contributed by atoms with Crippen molar-refractivity contribution in [2.24, 2.45) is 0 Å². The highest BCUT2D eigenvalue weighted by atomic mass is 16.5. The van der Waals surface area contributed by atoms with Gasteiger partial charge in [-0.05, 0) is 6.92 Å². The fourth-order valence-electron chi connectivity index (χ4n) is 1.23. The van der Waals surface area contributed by atoms with Gasteiger partial charge < -0.3 is 20.1 Å². The number of esters is 1. The molecule has 0 heterocycles. The first-order valence-corrected chi connectivity index (χ1v) is 6.28. The maximum atomic E-state index is 11.3. The molecule has 7 heteroatoms. The van der Waals surface area contributed by atoms with Crippen LogP contribution in [0, 0.1) is 0 Å². The Kier molecular flexibility index (Phi) is 10.5. The van der Waals surface area contributed by atoms with Crippen LogP contribution in [0.4, 0.5) is 0 Å². The lowest BCUT2D eigenvalue weighted by molar-refractivity contribution is -0.144. The zero-order valence-electron chi connectivity index (χ0n) is 11.5. The van der Waals surface area contributed by atoms with Gasteiger partial charge >= 0.3 is 5.97 Å². The number of carbonyl (C=O) groups excluding carboxylic acids is 3. The monoisotopic (exact) mass is 274 g/mol.